The third-order valence-corrected chi connectivity index (χ3v) is 4.95. The molecule has 0 spiro atoms. The lowest BCUT2D eigenvalue weighted by molar-refractivity contribution is 0.233. The highest BCUT2D eigenvalue weighted by molar-refractivity contribution is 5.58. The van der Waals surface area contributed by atoms with Crippen LogP contribution in [0.4, 0.5) is 4.39 Å². The normalized spacial score (nSPS) is 16.4. The number of ether oxygens (including phenoxy) is 3. The quantitative estimate of drug-likeness (QED) is 0.841. The Morgan fingerprint density at radius 2 is 1.63 bits per heavy atom. The molecule has 1 fully saturated rings. The molecule has 146 valence electrons. The van der Waals surface area contributed by atoms with E-state index in [0.29, 0.717) is 17.2 Å². The number of methoxy groups -OCH3 is 3. The van der Waals surface area contributed by atoms with Crippen molar-refractivity contribution in [1.29, 1.82) is 0 Å². The van der Waals surface area contributed by atoms with Gasteiger partial charge in [-0.3, -0.25) is 4.90 Å². The van der Waals surface area contributed by atoms with Gasteiger partial charge in [-0.25, -0.2) is 4.39 Å². The van der Waals surface area contributed by atoms with Crippen molar-refractivity contribution in [3.8, 4) is 17.2 Å². The number of rotatable bonds is 6. The molecule has 1 saturated heterocycles. The molecule has 0 radical (unpaired) electrons. The van der Waals surface area contributed by atoms with Crippen molar-refractivity contribution in [2.45, 2.75) is 12.5 Å². The van der Waals surface area contributed by atoms with E-state index in [-0.39, 0.29) is 11.9 Å². The van der Waals surface area contributed by atoms with E-state index in [1.807, 2.05) is 24.3 Å². The van der Waals surface area contributed by atoms with Crippen LogP contribution in [0.5, 0.6) is 17.2 Å². The monoisotopic (exact) mass is 374 g/mol. The van der Waals surface area contributed by atoms with Gasteiger partial charge in [-0.15, -0.1) is 0 Å². The third kappa shape index (κ3) is 4.17. The molecule has 0 aliphatic carbocycles. The third-order valence-electron chi connectivity index (χ3n) is 4.95. The number of nitrogens with zero attached hydrogens (tertiary/aromatic N) is 1. The zero-order valence-electron chi connectivity index (χ0n) is 16.1. The Balaban J connectivity index is 2.13. The second kappa shape index (κ2) is 9.06. The molecule has 1 aliphatic heterocycles. The van der Waals surface area contributed by atoms with Crippen molar-refractivity contribution < 1.29 is 18.6 Å². The van der Waals surface area contributed by atoms with Crippen LogP contribution in [-0.2, 0) is 0 Å². The lowest BCUT2D eigenvalue weighted by atomic mass is 9.95. The Kier molecular flexibility index (Phi) is 6.53. The summed E-state index contributed by atoms with van der Waals surface area (Å²) < 4.78 is 30.3. The van der Waals surface area contributed by atoms with Crippen LogP contribution in [0.3, 0.4) is 0 Å². The number of hydrogen-bond acceptors (Lipinski definition) is 5. The first kappa shape index (κ1) is 19.5. The van der Waals surface area contributed by atoms with Gasteiger partial charge >= 0.3 is 0 Å². The Morgan fingerprint density at radius 1 is 0.889 bits per heavy atom. The maximum atomic E-state index is 13.5. The molecule has 2 aromatic carbocycles. The van der Waals surface area contributed by atoms with Crippen molar-refractivity contribution in [1.82, 2.24) is 10.2 Å². The van der Waals surface area contributed by atoms with E-state index in [1.54, 1.807) is 21.3 Å². The van der Waals surface area contributed by atoms with Gasteiger partial charge in [-0.05, 0) is 42.8 Å². The minimum absolute atomic E-state index is 0.0692. The molecule has 3 rings (SSSR count). The molecular weight excluding hydrogens is 347 g/mol. The number of nitrogens with one attached hydrogen (secondary N) is 1. The van der Waals surface area contributed by atoms with Crippen LogP contribution in [0.2, 0.25) is 0 Å². The van der Waals surface area contributed by atoms with E-state index >= 15 is 0 Å². The minimum Gasteiger partial charge on any atom is -0.493 e. The predicted molar refractivity (Wildman–Crippen MR) is 103 cm³/mol. The predicted octanol–water partition coefficient (Wildman–Crippen LogP) is 3.24. The average molecular weight is 374 g/mol. The van der Waals surface area contributed by atoms with Crippen LogP contribution in [0.15, 0.2) is 36.4 Å². The fourth-order valence-corrected chi connectivity index (χ4v) is 3.70. The second-order valence-electron chi connectivity index (χ2n) is 6.52. The summed E-state index contributed by atoms with van der Waals surface area (Å²) in [6, 6.07) is 10.5. The first-order valence-corrected chi connectivity index (χ1v) is 9.18. The van der Waals surface area contributed by atoms with Crippen molar-refractivity contribution in [2.24, 2.45) is 0 Å². The summed E-state index contributed by atoms with van der Waals surface area (Å²) in [6.45, 7) is 3.73. The number of halogens is 1. The highest BCUT2D eigenvalue weighted by Gasteiger charge is 2.29. The lowest BCUT2D eigenvalue weighted by Gasteiger charge is -2.32. The van der Waals surface area contributed by atoms with Gasteiger partial charge in [0, 0.05) is 25.2 Å². The molecule has 0 amide bonds. The average Bonchev–Trinajstić information content (AvgIpc) is 2.98. The van der Waals surface area contributed by atoms with E-state index in [1.165, 1.54) is 12.1 Å². The molecule has 1 atom stereocenters. The van der Waals surface area contributed by atoms with Gasteiger partial charge in [0.2, 0.25) is 5.75 Å². The molecular formula is C21H27FN2O3. The van der Waals surface area contributed by atoms with E-state index in [4.69, 9.17) is 14.2 Å². The highest BCUT2D eigenvalue weighted by Crippen LogP contribution is 2.45. The van der Waals surface area contributed by atoms with Crippen LogP contribution in [0, 0.1) is 5.82 Å². The Hall–Kier alpha value is -2.31. The van der Waals surface area contributed by atoms with Crippen molar-refractivity contribution >= 4 is 0 Å². The molecule has 2 aromatic rings. The summed E-state index contributed by atoms with van der Waals surface area (Å²) >= 11 is 0. The first-order chi connectivity index (χ1) is 13.2. The van der Waals surface area contributed by atoms with Gasteiger partial charge in [0.15, 0.2) is 11.5 Å². The Labute approximate surface area is 160 Å². The largest absolute Gasteiger partial charge is 0.493 e. The maximum absolute atomic E-state index is 13.5. The van der Waals surface area contributed by atoms with E-state index in [0.717, 1.165) is 43.7 Å². The summed E-state index contributed by atoms with van der Waals surface area (Å²) in [5.74, 6) is 1.59. The van der Waals surface area contributed by atoms with Gasteiger partial charge in [0.25, 0.3) is 0 Å². The van der Waals surface area contributed by atoms with Gasteiger partial charge in [-0.1, -0.05) is 12.1 Å². The van der Waals surface area contributed by atoms with Crippen molar-refractivity contribution in [3.05, 3.63) is 53.3 Å². The van der Waals surface area contributed by atoms with Crippen molar-refractivity contribution in [3.63, 3.8) is 0 Å². The van der Waals surface area contributed by atoms with Gasteiger partial charge in [0.1, 0.15) is 5.82 Å². The molecule has 1 N–H and O–H groups in total. The molecule has 1 aliphatic rings. The first-order valence-electron chi connectivity index (χ1n) is 9.18. The maximum Gasteiger partial charge on any atom is 0.203 e. The summed E-state index contributed by atoms with van der Waals surface area (Å²) in [6.07, 6.45) is 1.05. The van der Waals surface area contributed by atoms with Gasteiger partial charge in [0.05, 0.1) is 27.4 Å². The molecule has 5 nitrogen and oxygen atoms in total. The second-order valence-corrected chi connectivity index (χ2v) is 6.52. The van der Waals surface area contributed by atoms with Crippen LogP contribution in [0.25, 0.3) is 0 Å². The minimum atomic E-state index is -0.241. The van der Waals surface area contributed by atoms with Crippen LogP contribution in [0.1, 0.15) is 23.6 Å². The Bertz CT molecular complexity index is 744. The van der Waals surface area contributed by atoms with Crippen LogP contribution >= 0.6 is 0 Å². The molecule has 27 heavy (non-hydrogen) atoms. The van der Waals surface area contributed by atoms with E-state index in [2.05, 4.69) is 10.2 Å². The smallest absolute Gasteiger partial charge is 0.203 e. The molecule has 1 unspecified atom stereocenters. The van der Waals surface area contributed by atoms with Gasteiger partial charge < -0.3 is 19.5 Å². The highest BCUT2D eigenvalue weighted by atomic mass is 19.1. The van der Waals surface area contributed by atoms with Crippen LogP contribution < -0.4 is 19.5 Å². The molecule has 1 heterocycles. The summed E-state index contributed by atoms with van der Waals surface area (Å²) in [5, 5.41) is 3.44. The van der Waals surface area contributed by atoms with E-state index in [9.17, 15) is 4.39 Å². The fraction of sp³-hybridized carbons (Fsp3) is 0.429. The SMILES string of the molecule is COc1ccc(C(c2ccc(F)cc2)N2CCCNCC2)c(OC)c1OC. The lowest BCUT2D eigenvalue weighted by Crippen LogP contribution is -2.33. The molecule has 0 saturated carbocycles. The van der Waals surface area contributed by atoms with E-state index < -0.39 is 0 Å². The standard InChI is InChI=1S/C21H27FN2O3/c1-25-18-10-9-17(20(26-2)21(18)27-3)19(15-5-7-16(22)8-6-15)24-13-4-11-23-12-14-24/h5-10,19,23H,4,11-14H2,1-3H3. The topological polar surface area (TPSA) is 43.0 Å². The van der Waals surface area contributed by atoms with Crippen LogP contribution in [-0.4, -0.2) is 52.4 Å². The fourth-order valence-electron chi connectivity index (χ4n) is 3.70. The molecule has 6 heteroatoms. The number of hydrogen-bond donors (Lipinski definition) is 1. The summed E-state index contributed by atoms with van der Waals surface area (Å²) in [4.78, 5) is 2.40. The summed E-state index contributed by atoms with van der Waals surface area (Å²) in [5.41, 5.74) is 1.99. The number of benzene rings is 2. The zero-order valence-corrected chi connectivity index (χ0v) is 16.1. The van der Waals surface area contributed by atoms with Gasteiger partial charge in [-0.2, -0.15) is 0 Å². The molecule has 0 bridgehead atoms. The summed E-state index contributed by atoms with van der Waals surface area (Å²) in [7, 11) is 4.84. The Morgan fingerprint density at radius 3 is 2.30 bits per heavy atom. The molecule has 0 aromatic heterocycles. The zero-order chi connectivity index (χ0) is 19.2. The van der Waals surface area contributed by atoms with Crippen molar-refractivity contribution in [2.75, 3.05) is 47.5 Å².